The maximum Gasteiger partial charge on any atom is 0.391 e. The predicted octanol–water partition coefficient (Wildman–Crippen LogP) is 2.39. The third kappa shape index (κ3) is 2.94. The Kier molecular flexibility index (Phi) is 3.98. The van der Waals surface area contributed by atoms with E-state index in [9.17, 15) is 13.2 Å². The van der Waals surface area contributed by atoms with Crippen LogP contribution in [0.4, 0.5) is 13.2 Å². The van der Waals surface area contributed by atoms with Crippen molar-refractivity contribution in [1.29, 1.82) is 0 Å². The van der Waals surface area contributed by atoms with Crippen LogP contribution in [0, 0.1) is 11.8 Å². The topological polar surface area (TPSA) is 29.3 Å². The van der Waals surface area contributed by atoms with Crippen LogP contribution in [-0.4, -0.2) is 36.8 Å². The third-order valence-electron chi connectivity index (χ3n) is 4.38. The van der Waals surface area contributed by atoms with Gasteiger partial charge in [0.05, 0.1) is 5.92 Å². The minimum Gasteiger partial charge on any atom is -0.330 e. The number of piperidine rings is 1. The number of hydrogen-bond acceptors (Lipinski definition) is 2. The highest BCUT2D eigenvalue weighted by Crippen LogP contribution is 2.37. The Morgan fingerprint density at radius 3 is 2.24 bits per heavy atom. The summed E-state index contributed by atoms with van der Waals surface area (Å²) in [4.78, 5) is 2.24. The van der Waals surface area contributed by atoms with E-state index in [1.807, 2.05) is 0 Å². The van der Waals surface area contributed by atoms with Crippen LogP contribution in [0.2, 0.25) is 0 Å². The van der Waals surface area contributed by atoms with Gasteiger partial charge >= 0.3 is 6.18 Å². The monoisotopic (exact) mass is 250 g/mol. The highest BCUT2D eigenvalue weighted by molar-refractivity contribution is 4.89. The van der Waals surface area contributed by atoms with Crippen molar-refractivity contribution >= 4 is 0 Å². The predicted molar refractivity (Wildman–Crippen MR) is 60.5 cm³/mol. The Hall–Kier alpha value is -0.290. The first kappa shape index (κ1) is 13.1. The Bertz CT molecular complexity index is 247. The standard InChI is InChI=1S/C12H21F3N2/c13-12(14,15)10-4-6-17(7-5-10)11-3-1-2-9(11)8-16/h9-11H,1-8,16H2. The maximum absolute atomic E-state index is 12.5. The van der Waals surface area contributed by atoms with Gasteiger partial charge in [-0.1, -0.05) is 6.42 Å². The molecule has 0 aromatic carbocycles. The lowest BCUT2D eigenvalue weighted by molar-refractivity contribution is -0.186. The molecular weight excluding hydrogens is 229 g/mol. The van der Waals surface area contributed by atoms with E-state index >= 15 is 0 Å². The molecule has 2 N–H and O–H groups in total. The molecule has 0 radical (unpaired) electrons. The van der Waals surface area contributed by atoms with Gasteiger partial charge in [0.25, 0.3) is 0 Å². The van der Waals surface area contributed by atoms with Crippen molar-refractivity contribution in [3.63, 3.8) is 0 Å². The normalized spacial score (nSPS) is 33.2. The molecule has 2 rings (SSSR count). The molecule has 1 aliphatic carbocycles. The Morgan fingerprint density at radius 2 is 1.71 bits per heavy atom. The van der Waals surface area contributed by atoms with Crippen LogP contribution in [0.15, 0.2) is 0 Å². The minimum absolute atomic E-state index is 0.261. The van der Waals surface area contributed by atoms with E-state index in [1.54, 1.807) is 0 Å². The quantitative estimate of drug-likeness (QED) is 0.815. The van der Waals surface area contributed by atoms with Crippen LogP contribution in [-0.2, 0) is 0 Å². The SMILES string of the molecule is NCC1CCCC1N1CCC(C(F)(F)F)CC1. The zero-order valence-electron chi connectivity index (χ0n) is 10.0. The van der Waals surface area contributed by atoms with Crippen LogP contribution in [0.25, 0.3) is 0 Å². The molecule has 1 heterocycles. The van der Waals surface area contributed by atoms with Gasteiger partial charge in [0, 0.05) is 6.04 Å². The molecule has 17 heavy (non-hydrogen) atoms. The summed E-state index contributed by atoms with van der Waals surface area (Å²) in [7, 11) is 0. The first-order chi connectivity index (χ1) is 8.02. The number of nitrogens with zero attached hydrogens (tertiary/aromatic N) is 1. The van der Waals surface area contributed by atoms with Crippen molar-refractivity contribution in [2.45, 2.75) is 44.3 Å². The largest absolute Gasteiger partial charge is 0.391 e. The maximum atomic E-state index is 12.5. The van der Waals surface area contributed by atoms with E-state index in [-0.39, 0.29) is 12.8 Å². The van der Waals surface area contributed by atoms with Crippen molar-refractivity contribution in [1.82, 2.24) is 4.90 Å². The van der Waals surface area contributed by atoms with Gasteiger partial charge < -0.3 is 10.6 Å². The lowest BCUT2D eigenvalue weighted by atomic mass is 9.93. The van der Waals surface area contributed by atoms with Gasteiger partial charge in [-0.05, 0) is 51.2 Å². The number of alkyl halides is 3. The fourth-order valence-corrected chi connectivity index (χ4v) is 3.33. The highest BCUT2D eigenvalue weighted by Gasteiger charge is 2.43. The van der Waals surface area contributed by atoms with Gasteiger partial charge in [-0.15, -0.1) is 0 Å². The molecule has 0 aromatic heterocycles. The van der Waals surface area contributed by atoms with Crippen molar-refractivity contribution in [3.8, 4) is 0 Å². The van der Waals surface area contributed by atoms with Crippen LogP contribution in [0.1, 0.15) is 32.1 Å². The number of halogens is 3. The second kappa shape index (κ2) is 5.14. The highest BCUT2D eigenvalue weighted by atomic mass is 19.4. The van der Waals surface area contributed by atoms with Crippen molar-refractivity contribution in [2.24, 2.45) is 17.6 Å². The Balaban J connectivity index is 1.86. The number of nitrogens with two attached hydrogens (primary N) is 1. The average Bonchev–Trinajstić information content (AvgIpc) is 2.76. The molecule has 1 saturated heterocycles. The van der Waals surface area contributed by atoms with Gasteiger partial charge in [0.1, 0.15) is 0 Å². The molecule has 0 spiro atoms. The van der Waals surface area contributed by atoms with Gasteiger partial charge in [-0.2, -0.15) is 13.2 Å². The zero-order chi connectivity index (χ0) is 12.5. The van der Waals surface area contributed by atoms with Crippen molar-refractivity contribution in [3.05, 3.63) is 0 Å². The molecule has 100 valence electrons. The average molecular weight is 250 g/mol. The summed E-state index contributed by atoms with van der Waals surface area (Å²) in [5.41, 5.74) is 5.72. The summed E-state index contributed by atoms with van der Waals surface area (Å²) in [5.74, 6) is -0.589. The molecular formula is C12H21F3N2. The van der Waals surface area contributed by atoms with E-state index in [2.05, 4.69) is 4.90 Å². The first-order valence-electron chi connectivity index (χ1n) is 6.53. The molecule has 5 heteroatoms. The fourth-order valence-electron chi connectivity index (χ4n) is 3.33. The van der Waals surface area contributed by atoms with Crippen LogP contribution < -0.4 is 5.73 Å². The first-order valence-corrected chi connectivity index (χ1v) is 6.53. The lowest BCUT2D eigenvalue weighted by Crippen LogP contribution is -2.46. The van der Waals surface area contributed by atoms with E-state index in [0.717, 1.165) is 12.8 Å². The van der Waals surface area contributed by atoms with E-state index in [0.29, 0.717) is 31.6 Å². The fraction of sp³-hybridized carbons (Fsp3) is 1.00. The lowest BCUT2D eigenvalue weighted by Gasteiger charge is -2.38. The summed E-state index contributed by atoms with van der Waals surface area (Å²) < 4.78 is 37.6. The van der Waals surface area contributed by atoms with E-state index < -0.39 is 12.1 Å². The second-order valence-corrected chi connectivity index (χ2v) is 5.35. The van der Waals surface area contributed by atoms with E-state index in [1.165, 1.54) is 6.42 Å². The molecule has 0 amide bonds. The summed E-state index contributed by atoms with van der Waals surface area (Å²) in [5, 5.41) is 0. The number of rotatable bonds is 2. The van der Waals surface area contributed by atoms with Gasteiger partial charge in [-0.3, -0.25) is 0 Å². The van der Waals surface area contributed by atoms with Crippen molar-refractivity contribution < 1.29 is 13.2 Å². The molecule has 2 fully saturated rings. The summed E-state index contributed by atoms with van der Waals surface area (Å²) in [6.07, 6.45) is -0.0612. The number of likely N-dealkylation sites (tertiary alicyclic amines) is 1. The Morgan fingerprint density at radius 1 is 1.06 bits per heavy atom. The number of hydrogen-bond donors (Lipinski definition) is 1. The molecule has 0 bridgehead atoms. The second-order valence-electron chi connectivity index (χ2n) is 5.35. The summed E-state index contributed by atoms with van der Waals surface area (Å²) in [6.45, 7) is 1.85. The molecule has 1 aliphatic heterocycles. The molecule has 2 aliphatic rings. The van der Waals surface area contributed by atoms with E-state index in [4.69, 9.17) is 5.73 Å². The zero-order valence-corrected chi connectivity index (χ0v) is 10.0. The summed E-state index contributed by atoms with van der Waals surface area (Å²) >= 11 is 0. The smallest absolute Gasteiger partial charge is 0.330 e. The van der Waals surface area contributed by atoms with Gasteiger partial charge in [-0.25, -0.2) is 0 Å². The van der Waals surface area contributed by atoms with Gasteiger partial charge in [0.2, 0.25) is 0 Å². The molecule has 2 unspecified atom stereocenters. The van der Waals surface area contributed by atoms with Crippen molar-refractivity contribution in [2.75, 3.05) is 19.6 Å². The van der Waals surface area contributed by atoms with Crippen LogP contribution in [0.3, 0.4) is 0 Å². The van der Waals surface area contributed by atoms with Gasteiger partial charge in [0.15, 0.2) is 0 Å². The minimum atomic E-state index is -4.00. The van der Waals surface area contributed by atoms with Crippen LogP contribution >= 0.6 is 0 Å². The molecule has 2 atom stereocenters. The molecule has 0 aromatic rings. The third-order valence-corrected chi connectivity index (χ3v) is 4.38. The van der Waals surface area contributed by atoms with Crippen LogP contribution in [0.5, 0.6) is 0 Å². The molecule has 2 nitrogen and oxygen atoms in total. The Labute approximate surface area is 100 Å². The summed E-state index contributed by atoms with van der Waals surface area (Å²) in [6, 6.07) is 0.439. The molecule has 1 saturated carbocycles.